The van der Waals surface area contributed by atoms with E-state index in [0.29, 0.717) is 23.0 Å². The molecule has 1 saturated carbocycles. The maximum absolute atomic E-state index is 15.3. The summed E-state index contributed by atoms with van der Waals surface area (Å²) in [6.45, 7) is 0.928. The Morgan fingerprint density at radius 2 is 0.661 bits per heavy atom. The fourth-order valence-electron chi connectivity index (χ4n) is 8.17. The Kier molecular flexibility index (Phi) is 14.4. The van der Waals surface area contributed by atoms with E-state index in [-0.39, 0.29) is 50.8 Å². The monoisotopic (exact) mass is 830 g/mol. The van der Waals surface area contributed by atoms with Crippen molar-refractivity contribution in [2.45, 2.75) is 39.0 Å². The minimum absolute atomic E-state index is 0.148. The molecule has 10 nitrogen and oxygen atoms in total. The maximum atomic E-state index is 15.3. The van der Waals surface area contributed by atoms with Crippen LogP contribution in [0.4, 0.5) is 0 Å². The van der Waals surface area contributed by atoms with E-state index < -0.39 is 35.6 Å². The van der Waals surface area contributed by atoms with E-state index in [9.17, 15) is 9.59 Å². The SMILES string of the molecule is COC(=O)C[C@H]1[C@H](CC(=O)OC)[C@H](C(=O)N(Cc2ccccc2)Cc2ccc(Oc3ccccc3)cc2)[C@H]1C(=O)N(Cc1ccccc1)Cc1ccc(Oc2ccccc2)cc1. The second kappa shape index (κ2) is 20.9. The summed E-state index contributed by atoms with van der Waals surface area (Å²) in [6, 6.07) is 53.3. The summed E-state index contributed by atoms with van der Waals surface area (Å²) in [5.74, 6) is -2.19. The fourth-order valence-corrected chi connectivity index (χ4v) is 8.17. The third-order valence-electron chi connectivity index (χ3n) is 11.3. The van der Waals surface area contributed by atoms with Gasteiger partial charge in [0.1, 0.15) is 23.0 Å². The zero-order chi connectivity index (χ0) is 43.3. The number of esters is 2. The number of carbonyl (C=O) groups excluding carboxylic acids is 4. The minimum Gasteiger partial charge on any atom is -0.469 e. The lowest BCUT2D eigenvalue weighted by atomic mass is 9.53. The molecule has 6 aromatic carbocycles. The molecule has 62 heavy (non-hydrogen) atoms. The highest BCUT2D eigenvalue weighted by atomic mass is 16.5. The summed E-state index contributed by atoms with van der Waals surface area (Å²) in [7, 11) is 2.58. The summed E-state index contributed by atoms with van der Waals surface area (Å²) < 4.78 is 22.3. The summed E-state index contributed by atoms with van der Waals surface area (Å²) in [4.78, 5) is 60.2. The normalized spacial score (nSPS) is 16.5. The van der Waals surface area contributed by atoms with Crippen LogP contribution < -0.4 is 9.47 Å². The van der Waals surface area contributed by atoms with E-state index in [0.717, 1.165) is 22.3 Å². The third-order valence-corrected chi connectivity index (χ3v) is 11.3. The number of amides is 2. The van der Waals surface area contributed by atoms with E-state index in [2.05, 4.69) is 0 Å². The van der Waals surface area contributed by atoms with Crippen molar-refractivity contribution in [1.82, 2.24) is 9.80 Å². The Morgan fingerprint density at radius 1 is 0.387 bits per heavy atom. The molecule has 1 fully saturated rings. The second-order valence-corrected chi connectivity index (χ2v) is 15.4. The molecular weight excluding hydrogens is 781 g/mol. The molecule has 6 aromatic rings. The van der Waals surface area contributed by atoms with Gasteiger partial charge in [-0.15, -0.1) is 0 Å². The second-order valence-electron chi connectivity index (χ2n) is 15.4. The topological polar surface area (TPSA) is 112 Å². The lowest BCUT2D eigenvalue weighted by molar-refractivity contribution is -0.175. The predicted molar refractivity (Wildman–Crippen MR) is 235 cm³/mol. The van der Waals surface area contributed by atoms with Gasteiger partial charge in [0.25, 0.3) is 0 Å². The first-order chi connectivity index (χ1) is 30.3. The quantitative estimate of drug-likeness (QED) is 0.0788. The van der Waals surface area contributed by atoms with Gasteiger partial charge in [0.05, 0.1) is 26.1 Å². The lowest BCUT2D eigenvalue weighted by Gasteiger charge is -2.52. The van der Waals surface area contributed by atoms with Crippen LogP contribution in [0.25, 0.3) is 0 Å². The molecule has 0 aliphatic heterocycles. The highest BCUT2D eigenvalue weighted by molar-refractivity contribution is 5.92. The van der Waals surface area contributed by atoms with Crippen molar-refractivity contribution in [1.29, 1.82) is 0 Å². The molecule has 0 aromatic heterocycles. The molecule has 10 heteroatoms. The smallest absolute Gasteiger partial charge is 0.305 e. The molecule has 7 rings (SSSR count). The average molecular weight is 831 g/mol. The molecule has 2 amide bonds. The van der Waals surface area contributed by atoms with E-state index >= 15 is 9.59 Å². The standard InChI is InChI=1S/C52H50N2O8/c1-59-47(55)31-45-46(32-48(56)60-2)50(52(58)54(34-38-17-9-4-10-18-38)36-40-25-29-44(30-26-40)62-42-21-13-6-14-22-42)49(45)51(57)53(33-37-15-7-3-8-16-37)35-39-23-27-43(28-24-39)61-41-19-11-5-12-20-41/h3-30,45-46,49-50H,31-36H2,1-2H3/t45-,46-,49-,50-/m0/s1. The number of hydrogen-bond donors (Lipinski definition) is 0. The molecule has 0 bridgehead atoms. The van der Waals surface area contributed by atoms with Gasteiger partial charge in [-0.2, -0.15) is 0 Å². The number of methoxy groups -OCH3 is 2. The zero-order valence-corrected chi connectivity index (χ0v) is 34.9. The van der Waals surface area contributed by atoms with Crippen molar-refractivity contribution in [3.8, 4) is 23.0 Å². The van der Waals surface area contributed by atoms with Crippen molar-refractivity contribution in [3.05, 3.63) is 192 Å². The number of benzene rings is 6. The summed E-state index contributed by atoms with van der Waals surface area (Å²) >= 11 is 0. The van der Waals surface area contributed by atoms with Crippen LogP contribution in [0, 0.1) is 23.7 Å². The highest BCUT2D eigenvalue weighted by Crippen LogP contribution is 2.52. The van der Waals surface area contributed by atoms with E-state index in [1.54, 1.807) is 9.80 Å². The van der Waals surface area contributed by atoms with Crippen LogP contribution in [0.3, 0.4) is 0 Å². The van der Waals surface area contributed by atoms with Gasteiger partial charge in [-0.05, 0) is 82.6 Å². The molecule has 1 aliphatic rings. The molecule has 0 unspecified atom stereocenters. The van der Waals surface area contributed by atoms with Gasteiger partial charge in [0.2, 0.25) is 11.8 Å². The number of para-hydroxylation sites is 2. The zero-order valence-electron chi connectivity index (χ0n) is 34.9. The minimum atomic E-state index is -0.944. The van der Waals surface area contributed by atoms with E-state index in [1.165, 1.54) is 14.2 Å². The fraction of sp³-hybridized carbons (Fsp3) is 0.231. The van der Waals surface area contributed by atoms with Gasteiger partial charge in [-0.3, -0.25) is 19.2 Å². The molecule has 0 N–H and O–H groups in total. The molecule has 1 aliphatic carbocycles. The number of carbonyl (C=O) groups is 4. The molecule has 0 radical (unpaired) electrons. The van der Waals surface area contributed by atoms with Crippen LogP contribution in [0.1, 0.15) is 35.1 Å². The molecule has 0 spiro atoms. The van der Waals surface area contributed by atoms with Crippen molar-refractivity contribution >= 4 is 23.8 Å². The van der Waals surface area contributed by atoms with Gasteiger partial charge in [0, 0.05) is 39.0 Å². The summed E-state index contributed by atoms with van der Waals surface area (Å²) in [5, 5.41) is 0. The van der Waals surface area contributed by atoms with Crippen LogP contribution >= 0.6 is 0 Å². The maximum Gasteiger partial charge on any atom is 0.305 e. The Balaban J connectivity index is 1.22. The Bertz CT molecular complexity index is 2210. The van der Waals surface area contributed by atoms with Gasteiger partial charge in [-0.1, -0.05) is 121 Å². The van der Waals surface area contributed by atoms with Crippen LogP contribution in [0.2, 0.25) is 0 Å². The first kappa shape index (κ1) is 42.9. The number of ether oxygens (including phenoxy) is 4. The van der Waals surface area contributed by atoms with Crippen LogP contribution in [0.5, 0.6) is 23.0 Å². The molecular formula is C52H50N2O8. The molecule has 316 valence electrons. The largest absolute Gasteiger partial charge is 0.469 e. The average Bonchev–Trinajstić information content (AvgIpc) is 3.31. The van der Waals surface area contributed by atoms with E-state index in [1.807, 2.05) is 170 Å². The Hall–Kier alpha value is -7.20. The van der Waals surface area contributed by atoms with Gasteiger partial charge in [-0.25, -0.2) is 0 Å². The molecule has 4 atom stereocenters. The summed E-state index contributed by atoms with van der Waals surface area (Å²) in [5.41, 5.74) is 3.48. The highest BCUT2D eigenvalue weighted by Gasteiger charge is 2.59. The molecule has 0 heterocycles. The van der Waals surface area contributed by atoms with Gasteiger partial charge >= 0.3 is 11.9 Å². The van der Waals surface area contributed by atoms with Gasteiger partial charge in [0.15, 0.2) is 0 Å². The van der Waals surface area contributed by atoms with Gasteiger partial charge < -0.3 is 28.7 Å². The number of hydrogen-bond acceptors (Lipinski definition) is 8. The third kappa shape index (κ3) is 11.1. The predicted octanol–water partition coefficient (Wildman–Crippen LogP) is 9.63. The van der Waals surface area contributed by atoms with Crippen LogP contribution in [-0.2, 0) is 54.8 Å². The van der Waals surface area contributed by atoms with Crippen molar-refractivity contribution in [3.63, 3.8) is 0 Å². The first-order valence-electron chi connectivity index (χ1n) is 20.7. The van der Waals surface area contributed by atoms with Crippen molar-refractivity contribution < 1.29 is 38.1 Å². The molecule has 0 saturated heterocycles. The van der Waals surface area contributed by atoms with Crippen molar-refractivity contribution in [2.75, 3.05) is 14.2 Å². The van der Waals surface area contributed by atoms with E-state index in [4.69, 9.17) is 18.9 Å². The Labute approximate surface area is 362 Å². The first-order valence-corrected chi connectivity index (χ1v) is 20.7. The summed E-state index contributed by atoms with van der Waals surface area (Å²) in [6.07, 6.45) is -0.296. The van der Waals surface area contributed by atoms with Crippen LogP contribution in [0.15, 0.2) is 170 Å². The van der Waals surface area contributed by atoms with Crippen molar-refractivity contribution in [2.24, 2.45) is 23.7 Å². The van der Waals surface area contributed by atoms with Crippen LogP contribution in [-0.4, -0.2) is 47.8 Å². The lowest BCUT2D eigenvalue weighted by Crippen LogP contribution is -2.60. The Morgan fingerprint density at radius 3 is 0.968 bits per heavy atom. The number of nitrogens with zero attached hydrogens (tertiary/aromatic N) is 2. The number of rotatable bonds is 18.